The van der Waals surface area contributed by atoms with Gasteiger partial charge in [0.1, 0.15) is 24.9 Å². The Balaban J connectivity index is 1.13. The predicted octanol–water partition coefficient (Wildman–Crippen LogP) is 2.46. The second-order valence-electron chi connectivity index (χ2n) is 11.9. The smallest absolute Gasteiger partial charge is 0.327 e. The average Bonchev–Trinajstić information content (AvgIpc) is 3.28. The molecule has 0 radical (unpaired) electrons. The SMILES string of the molecule is CC12CC3CC(C)(C1)CC(C(=O)OCCOC(=O)[C@H]1[C@@H]4C[C@H](F)[C@@](N)(C(=O)O)[C@@H]41)(C3)C2. The van der Waals surface area contributed by atoms with Gasteiger partial charge in [0.25, 0.3) is 0 Å². The molecule has 6 fully saturated rings. The summed E-state index contributed by atoms with van der Waals surface area (Å²) in [6.45, 7) is 4.48. The van der Waals surface area contributed by atoms with Gasteiger partial charge in [-0.1, -0.05) is 13.8 Å². The largest absolute Gasteiger partial charge is 0.480 e. The van der Waals surface area contributed by atoms with Gasteiger partial charge in [0.05, 0.1) is 11.3 Å². The van der Waals surface area contributed by atoms with Crippen molar-refractivity contribution in [2.24, 2.45) is 45.7 Å². The fourth-order valence-electron chi connectivity index (χ4n) is 8.76. The standard InChI is InChI=1S/C23H32FNO6/c1-20-6-12-7-21(2,9-20)11-22(8-12,10-20)19(29)31-4-3-30-17(26)15-13-5-14(24)23(25,16(13)15)18(27)28/h12-16H,3-11,25H2,1-2H3,(H,27,28)/t12?,13-,14-,15-,16-,20?,21?,22?,23-/m0/s1. The van der Waals surface area contributed by atoms with Crippen molar-refractivity contribution in [1.29, 1.82) is 0 Å². The fraction of sp³-hybridized carbons (Fsp3) is 0.870. The van der Waals surface area contributed by atoms with Crippen LogP contribution in [0.2, 0.25) is 0 Å². The number of carbonyl (C=O) groups excluding carboxylic acids is 2. The number of aliphatic carboxylic acids is 1. The molecular weight excluding hydrogens is 405 g/mol. The molecule has 0 heterocycles. The molecule has 0 aromatic carbocycles. The van der Waals surface area contributed by atoms with E-state index in [-0.39, 0.29) is 42.4 Å². The minimum atomic E-state index is -2.02. The van der Waals surface area contributed by atoms with Crippen molar-refractivity contribution >= 4 is 17.9 Å². The summed E-state index contributed by atoms with van der Waals surface area (Å²) in [6.07, 6.45) is 4.49. The third kappa shape index (κ3) is 3.04. The van der Waals surface area contributed by atoms with Crippen molar-refractivity contribution in [3.05, 3.63) is 0 Å². The molecular formula is C23H32FNO6. The molecule has 6 aliphatic rings. The highest BCUT2D eigenvalue weighted by Gasteiger charge is 2.75. The molecule has 0 aliphatic heterocycles. The highest BCUT2D eigenvalue weighted by molar-refractivity contribution is 5.86. The van der Waals surface area contributed by atoms with Crippen LogP contribution < -0.4 is 5.73 Å². The molecule has 7 atom stereocenters. The van der Waals surface area contributed by atoms with Gasteiger partial charge in [-0.2, -0.15) is 0 Å². The van der Waals surface area contributed by atoms with E-state index in [2.05, 4.69) is 13.8 Å². The van der Waals surface area contributed by atoms with Gasteiger partial charge in [-0.3, -0.25) is 14.4 Å². The lowest BCUT2D eigenvalue weighted by Crippen LogP contribution is -2.58. The van der Waals surface area contributed by atoms with Crippen LogP contribution in [0.25, 0.3) is 0 Å². The molecule has 8 heteroatoms. The number of carboxylic acid groups (broad SMARTS) is 1. The van der Waals surface area contributed by atoms with Gasteiger partial charge >= 0.3 is 17.9 Å². The van der Waals surface area contributed by atoms with E-state index < -0.39 is 40.9 Å². The van der Waals surface area contributed by atoms with E-state index in [9.17, 15) is 23.9 Å². The summed E-state index contributed by atoms with van der Waals surface area (Å²) in [4.78, 5) is 36.8. The molecule has 0 spiro atoms. The Morgan fingerprint density at radius 2 is 1.65 bits per heavy atom. The first-order valence-corrected chi connectivity index (χ1v) is 11.4. The number of carboxylic acids is 1. The van der Waals surface area contributed by atoms with Crippen molar-refractivity contribution in [1.82, 2.24) is 0 Å². The van der Waals surface area contributed by atoms with Crippen LogP contribution in [-0.2, 0) is 23.9 Å². The lowest BCUT2D eigenvalue weighted by molar-refractivity contribution is -0.192. The van der Waals surface area contributed by atoms with Gasteiger partial charge in [0, 0.05) is 5.92 Å². The van der Waals surface area contributed by atoms with E-state index >= 15 is 0 Å². The molecule has 0 amide bonds. The quantitative estimate of drug-likeness (QED) is 0.484. The Hall–Kier alpha value is -1.70. The summed E-state index contributed by atoms with van der Waals surface area (Å²) in [7, 11) is 0. The summed E-state index contributed by atoms with van der Waals surface area (Å²) in [5, 5.41) is 9.29. The number of esters is 2. The van der Waals surface area contributed by atoms with E-state index in [1.165, 1.54) is 19.3 Å². The minimum Gasteiger partial charge on any atom is -0.480 e. The molecule has 7 nitrogen and oxygen atoms in total. The number of ether oxygens (including phenoxy) is 2. The summed E-state index contributed by atoms with van der Waals surface area (Å²) in [6, 6.07) is 0. The Morgan fingerprint density at radius 1 is 1.03 bits per heavy atom. The Morgan fingerprint density at radius 3 is 2.23 bits per heavy atom. The lowest BCUT2D eigenvalue weighted by atomic mass is 9.40. The second-order valence-corrected chi connectivity index (χ2v) is 11.9. The van der Waals surface area contributed by atoms with E-state index in [0.717, 1.165) is 19.3 Å². The molecule has 0 saturated heterocycles. The highest BCUT2D eigenvalue weighted by Crippen LogP contribution is 2.69. The maximum Gasteiger partial charge on any atom is 0.327 e. The van der Waals surface area contributed by atoms with Crippen LogP contribution in [-0.4, -0.2) is 47.9 Å². The van der Waals surface area contributed by atoms with E-state index in [1.54, 1.807) is 0 Å². The summed E-state index contributed by atoms with van der Waals surface area (Å²) >= 11 is 0. The van der Waals surface area contributed by atoms with Crippen molar-refractivity contribution in [3.8, 4) is 0 Å². The highest BCUT2D eigenvalue weighted by atomic mass is 19.1. The molecule has 6 aliphatic carbocycles. The zero-order valence-corrected chi connectivity index (χ0v) is 18.2. The fourth-order valence-corrected chi connectivity index (χ4v) is 8.76. The van der Waals surface area contributed by atoms with Gasteiger partial charge in [-0.05, 0) is 67.6 Å². The van der Waals surface area contributed by atoms with Gasteiger partial charge in [-0.25, -0.2) is 4.39 Å². The van der Waals surface area contributed by atoms with Crippen LogP contribution in [0.3, 0.4) is 0 Å². The van der Waals surface area contributed by atoms with E-state index in [0.29, 0.717) is 5.92 Å². The zero-order chi connectivity index (χ0) is 22.4. The number of fused-ring (bicyclic) bond motifs is 1. The molecule has 0 aromatic rings. The second kappa shape index (κ2) is 6.42. The summed E-state index contributed by atoms with van der Waals surface area (Å²) < 4.78 is 24.8. The van der Waals surface area contributed by atoms with Crippen molar-refractivity contribution in [2.75, 3.05) is 13.2 Å². The normalized spacial score (nSPS) is 51.3. The number of nitrogens with two attached hydrogens (primary N) is 1. The first-order valence-electron chi connectivity index (χ1n) is 11.4. The number of halogens is 1. The van der Waals surface area contributed by atoms with Crippen molar-refractivity contribution < 1.29 is 33.4 Å². The van der Waals surface area contributed by atoms with Crippen molar-refractivity contribution in [3.63, 3.8) is 0 Å². The third-order valence-corrected chi connectivity index (χ3v) is 8.98. The molecule has 6 rings (SSSR count). The van der Waals surface area contributed by atoms with Crippen molar-refractivity contribution in [2.45, 2.75) is 70.5 Å². The van der Waals surface area contributed by atoms with E-state index in [1.807, 2.05) is 0 Å². The van der Waals surface area contributed by atoms with Crippen LogP contribution >= 0.6 is 0 Å². The van der Waals surface area contributed by atoms with Crippen LogP contribution in [0.5, 0.6) is 0 Å². The maximum atomic E-state index is 14.0. The van der Waals surface area contributed by atoms with Crippen LogP contribution in [0, 0.1) is 39.9 Å². The third-order valence-electron chi connectivity index (χ3n) is 8.98. The Kier molecular flexibility index (Phi) is 4.39. The molecule has 31 heavy (non-hydrogen) atoms. The average molecular weight is 438 g/mol. The lowest BCUT2D eigenvalue weighted by Gasteiger charge is -2.64. The number of hydrogen-bond donors (Lipinski definition) is 2. The number of alkyl halides is 1. The predicted molar refractivity (Wildman–Crippen MR) is 106 cm³/mol. The Bertz CT molecular complexity index is 828. The van der Waals surface area contributed by atoms with Crippen LogP contribution in [0.1, 0.15) is 58.8 Å². The Labute approximate surface area is 181 Å². The maximum absolute atomic E-state index is 14.0. The van der Waals surface area contributed by atoms with Gasteiger partial charge in [-0.15, -0.1) is 0 Å². The van der Waals surface area contributed by atoms with Crippen LogP contribution in [0.4, 0.5) is 4.39 Å². The molecule has 6 saturated carbocycles. The topological polar surface area (TPSA) is 116 Å². The van der Waals surface area contributed by atoms with Gasteiger partial charge < -0.3 is 20.3 Å². The zero-order valence-electron chi connectivity index (χ0n) is 18.2. The van der Waals surface area contributed by atoms with E-state index in [4.69, 9.17) is 15.2 Å². The van der Waals surface area contributed by atoms with Gasteiger partial charge in [0.15, 0.2) is 0 Å². The minimum absolute atomic E-state index is 0.0229. The molecule has 172 valence electrons. The van der Waals surface area contributed by atoms with Crippen LogP contribution in [0.15, 0.2) is 0 Å². The molecule has 4 bridgehead atoms. The number of carbonyl (C=O) groups is 3. The molecule has 3 N–H and O–H groups in total. The molecule has 2 unspecified atom stereocenters. The molecule has 0 aromatic heterocycles. The number of hydrogen-bond acceptors (Lipinski definition) is 6. The number of rotatable bonds is 6. The summed E-state index contributed by atoms with van der Waals surface area (Å²) in [5.41, 5.74) is 3.74. The first-order chi connectivity index (χ1) is 14.4. The monoisotopic (exact) mass is 437 g/mol. The van der Waals surface area contributed by atoms with Gasteiger partial charge in [0.2, 0.25) is 0 Å². The first kappa shape index (κ1) is 21.2. The summed E-state index contributed by atoms with van der Waals surface area (Å²) in [5.74, 6) is -3.41.